The number of carbonyl (C=O) groups excluding carboxylic acids is 1. The highest BCUT2D eigenvalue weighted by Crippen LogP contribution is 2.27. The van der Waals surface area contributed by atoms with Gasteiger partial charge in [-0.25, -0.2) is 4.98 Å². The number of rotatable bonds is 3. The minimum atomic E-state index is 0.102. The third kappa shape index (κ3) is 3.30. The van der Waals surface area contributed by atoms with E-state index in [1.54, 1.807) is 6.92 Å². The summed E-state index contributed by atoms with van der Waals surface area (Å²) in [4.78, 5) is 18.7. The molecule has 0 saturated heterocycles. The summed E-state index contributed by atoms with van der Waals surface area (Å²) in [6.07, 6.45) is 0. The molecule has 0 saturated carbocycles. The maximum absolute atomic E-state index is 11.3. The summed E-state index contributed by atoms with van der Waals surface area (Å²) in [6.45, 7) is 11.0. The number of Topliss-reactive ketones (excluding diaryl/α,β-unsaturated/α-hetero) is 1. The molecule has 0 aliphatic rings. The first-order chi connectivity index (χ1) is 7.20. The van der Waals surface area contributed by atoms with Crippen LogP contribution in [0.3, 0.4) is 0 Å². The summed E-state index contributed by atoms with van der Waals surface area (Å²) >= 11 is 1.48. The Kier molecular flexibility index (Phi) is 3.73. The van der Waals surface area contributed by atoms with Crippen molar-refractivity contribution < 1.29 is 4.79 Å². The minimum Gasteiger partial charge on any atom is -0.351 e. The van der Waals surface area contributed by atoms with Gasteiger partial charge in [-0.15, -0.1) is 0 Å². The van der Waals surface area contributed by atoms with Crippen molar-refractivity contribution in [1.29, 1.82) is 0 Å². The highest BCUT2D eigenvalue weighted by Gasteiger charge is 2.18. The van der Waals surface area contributed by atoms with Gasteiger partial charge in [-0.1, -0.05) is 32.1 Å². The molecular formula is C12H20N2OS. The zero-order valence-electron chi connectivity index (χ0n) is 10.9. The number of aryl methyl sites for hydroxylation is 1. The SMILES string of the molecule is CC(=O)c1sc(N(C)CC(C)(C)C)nc1C. The number of carbonyl (C=O) groups is 1. The molecule has 0 amide bonds. The van der Waals surface area contributed by atoms with Gasteiger partial charge < -0.3 is 4.90 Å². The van der Waals surface area contributed by atoms with Gasteiger partial charge in [-0.05, 0) is 12.3 Å². The smallest absolute Gasteiger partial charge is 0.185 e. The van der Waals surface area contributed by atoms with E-state index in [0.717, 1.165) is 22.2 Å². The van der Waals surface area contributed by atoms with Crippen molar-refractivity contribution in [2.75, 3.05) is 18.5 Å². The molecule has 4 heteroatoms. The first-order valence-corrected chi connectivity index (χ1v) is 6.22. The number of nitrogens with zero attached hydrogens (tertiary/aromatic N) is 2. The lowest BCUT2D eigenvalue weighted by Crippen LogP contribution is -2.28. The molecule has 0 aliphatic carbocycles. The maximum atomic E-state index is 11.3. The van der Waals surface area contributed by atoms with Crippen molar-refractivity contribution in [2.45, 2.75) is 34.6 Å². The van der Waals surface area contributed by atoms with Crippen molar-refractivity contribution in [3.63, 3.8) is 0 Å². The van der Waals surface area contributed by atoms with Gasteiger partial charge in [0.15, 0.2) is 10.9 Å². The van der Waals surface area contributed by atoms with Crippen molar-refractivity contribution in [3.05, 3.63) is 10.6 Å². The van der Waals surface area contributed by atoms with E-state index in [4.69, 9.17) is 0 Å². The highest BCUT2D eigenvalue weighted by molar-refractivity contribution is 7.17. The Bertz CT molecular complexity index is 390. The van der Waals surface area contributed by atoms with Crippen LogP contribution in [0.2, 0.25) is 0 Å². The second-order valence-electron chi connectivity index (χ2n) is 5.38. The van der Waals surface area contributed by atoms with Crippen LogP contribution in [0.4, 0.5) is 5.13 Å². The molecule has 0 atom stereocenters. The first-order valence-electron chi connectivity index (χ1n) is 5.40. The molecule has 0 unspecified atom stereocenters. The molecule has 0 aromatic carbocycles. The van der Waals surface area contributed by atoms with Crippen molar-refractivity contribution >= 4 is 22.3 Å². The minimum absolute atomic E-state index is 0.102. The molecular weight excluding hydrogens is 220 g/mol. The van der Waals surface area contributed by atoms with Gasteiger partial charge in [0.2, 0.25) is 0 Å². The molecule has 0 fully saturated rings. The lowest BCUT2D eigenvalue weighted by atomic mass is 9.96. The zero-order chi connectivity index (χ0) is 12.5. The third-order valence-electron chi connectivity index (χ3n) is 2.14. The Labute approximate surface area is 101 Å². The predicted molar refractivity (Wildman–Crippen MR) is 69.6 cm³/mol. The molecule has 3 nitrogen and oxygen atoms in total. The van der Waals surface area contributed by atoms with Crippen LogP contribution < -0.4 is 4.90 Å². The number of aromatic nitrogens is 1. The normalized spacial score (nSPS) is 11.6. The van der Waals surface area contributed by atoms with Crippen LogP contribution in [-0.4, -0.2) is 24.4 Å². The maximum Gasteiger partial charge on any atom is 0.185 e. The average Bonchev–Trinajstić information content (AvgIpc) is 2.44. The van der Waals surface area contributed by atoms with E-state index in [1.807, 2.05) is 14.0 Å². The summed E-state index contributed by atoms with van der Waals surface area (Å²) in [7, 11) is 2.02. The summed E-state index contributed by atoms with van der Waals surface area (Å²) in [5.41, 5.74) is 1.07. The predicted octanol–water partition coefficient (Wildman–Crippen LogP) is 3.14. The fraction of sp³-hybridized carbons (Fsp3) is 0.667. The topological polar surface area (TPSA) is 33.2 Å². The van der Waals surface area contributed by atoms with Crippen molar-refractivity contribution in [1.82, 2.24) is 4.98 Å². The van der Waals surface area contributed by atoms with Gasteiger partial charge in [0.25, 0.3) is 0 Å². The Hall–Kier alpha value is -0.900. The molecule has 1 aromatic heterocycles. The Balaban J connectivity index is 2.89. The number of anilines is 1. The number of hydrogen-bond donors (Lipinski definition) is 0. The fourth-order valence-corrected chi connectivity index (χ4v) is 2.57. The lowest BCUT2D eigenvalue weighted by molar-refractivity contribution is 0.102. The van der Waals surface area contributed by atoms with E-state index in [9.17, 15) is 4.79 Å². The van der Waals surface area contributed by atoms with E-state index in [0.29, 0.717) is 0 Å². The molecule has 0 N–H and O–H groups in total. The quantitative estimate of drug-likeness (QED) is 0.761. The van der Waals surface area contributed by atoms with Crippen LogP contribution in [0.5, 0.6) is 0 Å². The van der Waals surface area contributed by atoms with Gasteiger partial charge in [0.1, 0.15) is 0 Å². The molecule has 1 aromatic rings. The van der Waals surface area contributed by atoms with Gasteiger partial charge in [-0.3, -0.25) is 4.79 Å². The zero-order valence-corrected chi connectivity index (χ0v) is 11.7. The second kappa shape index (κ2) is 4.53. The third-order valence-corrected chi connectivity index (χ3v) is 3.52. The van der Waals surface area contributed by atoms with E-state index in [2.05, 4.69) is 30.7 Å². The molecule has 0 radical (unpaired) electrons. The van der Waals surface area contributed by atoms with Gasteiger partial charge in [0, 0.05) is 20.5 Å². The summed E-state index contributed by atoms with van der Waals surface area (Å²) in [6, 6.07) is 0. The Morgan fingerprint density at radius 2 is 2.00 bits per heavy atom. The standard InChI is InChI=1S/C12H20N2OS/c1-8-10(9(2)15)16-11(13-8)14(6)7-12(3,4)5/h7H2,1-6H3. The molecule has 0 aliphatic heterocycles. The van der Waals surface area contributed by atoms with Crippen LogP contribution in [0, 0.1) is 12.3 Å². The van der Waals surface area contributed by atoms with Gasteiger partial charge in [0.05, 0.1) is 10.6 Å². The molecule has 0 bridgehead atoms. The fourth-order valence-electron chi connectivity index (χ4n) is 1.65. The Morgan fingerprint density at radius 3 is 2.38 bits per heavy atom. The number of hydrogen-bond acceptors (Lipinski definition) is 4. The van der Waals surface area contributed by atoms with Gasteiger partial charge >= 0.3 is 0 Å². The van der Waals surface area contributed by atoms with Crippen LogP contribution in [0.25, 0.3) is 0 Å². The summed E-state index contributed by atoms with van der Waals surface area (Å²) in [5.74, 6) is 0.102. The Morgan fingerprint density at radius 1 is 1.44 bits per heavy atom. The van der Waals surface area contributed by atoms with E-state index in [-0.39, 0.29) is 11.2 Å². The largest absolute Gasteiger partial charge is 0.351 e. The molecule has 0 spiro atoms. The summed E-state index contributed by atoms with van der Waals surface area (Å²) < 4.78 is 0. The van der Waals surface area contributed by atoms with Crippen LogP contribution in [0.1, 0.15) is 43.1 Å². The van der Waals surface area contributed by atoms with Crippen LogP contribution in [0.15, 0.2) is 0 Å². The molecule has 1 heterocycles. The van der Waals surface area contributed by atoms with E-state index in [1.165, 1.54) is 11.3 Å². The van der Waals surface area contributed by atoms with E-state index < -0.39 is 0 Å². The second-order valence-corrected chi connectivity index (χ2v) is 6.36. The van der Waals surface area contributed by atoms with Crippen LogP contribution >= 0.6 is 11.3 Å². The number of thiazole rings is 1. The van der Waals surface area contributed by atoms with Crippen molar-refractivity contribution in [3.8, 4) is 0 Å². The summed E-state index contributed by atoms with van der Waals surface area (Å²) in [5, 5.41) is 0.928. The van der Waals surface area contributed by atoms with Crippen LogP contribution in [-0.2, 0) is 0 Å². The number of ketones is 1. The lowest BCUT2D eigenvalue weighted by Gasteiger charge is -2.26. The van der Waals surface area contributed by atoms with Crippen molar-refractivity contribution in [2.24, 2.45) is 5.41 Å². The monoisotopic (exact) mass is 240 g/mol. The van der Waals surface area contributed by atoms with E-state index >= 15 is 0 Å². The molecule has 90 valence electrons. The molecule has 16 heavy (non-hydrogen) atoms. The van der Waals surface area contributed by atoms with Gasteiger partial charge in [-0.2, -0.15) is 0 Å². The highest BCUT2D eigenvalue weighted by atomic mass is 32.1. The average molecular weight is 240 g/mol. The first kappa shape index (κ1) is 13.2. The molecule has 1 rings (SSSR count).